The second kappa shape index (κ2) is 7.77. The van der Waals surface area contributed by atoms with Crippen LogP contribution < -0.4 is 10.2 Å². The summed E-state index contributed by atoms with van der Waals surface area (Å²) in [6.45, 7) is 4.44. The highest BCUT2D eigenvalue weighted by Gasteiger charge is 2.40. The van der Waals surface area contributed by atoms with E-state index in [9.17, 15) is 4.79 Å². The number of benzene rings is 1. The van der Waals surface area contributed by atoms with Gasteiger partial charge in [0.15, 0.2) is 0 Å². The van der Waals surface area contributed by atoms with Crippen LogP contribution in [0.25, 0.3) is 0 Å². The summed E-state index contributed by atoms with van der Waals surface area (Å²) < 4.78 is 0. The van der Waals surface area contributed by atoms with Gasteiger partial charge in [0.25, 0.3) is 0 Å². The predicted octanol–water partition coefficient (Wildman–Crippen LogP) is 3.88. The van der Waals surface area contributed by atoms with Crippen LogP contribution in [0.3, 0.4) is 0 Å². The Morgan fingerprint density at radius 3 is 2.32 bits per heavy atom. The Morgan fingerprint density at radius 1 is 0.960 bits per heavy atom. The summed E-state index contributed by atoms with van der Waals surface area (Å²) in [6.07, 6.45) is 10.1. The van der Waals surface area contributed by atoms with Crippen molar-refractivity contribution in [1.29, 1.82) is 0 Å². The highest BCUT2D eigenvalue weighted by Crippen LogP contribution is 2.37. The van der Waals surface area contributed by atoms with E-state index in [1.165, 1.54) is 57.1 Å². The molecule has 2 heterocycles. The van der Waals surface area contributed by atoms with E-state index < -0.39 is 0 Å². The minimum Gasteiger partial charge on any atom is -0.371 e. The number of nitrogens with zero attached hydrogens (tertiary/aromatic N) is 2. The maximum absolute atomic E-state index is 13.0. The van der Waals surface area contributed by atoms with Gasteiger partial charge in [-0.25, -0.2) is 0 Å². The number of hydrogen-bond acceptors (Lipinski definition) is 3. The molecule has 0 spiro atoms. The lowest BCUT2D eigenvalue weighted by atomic mass is 10.1. The molecule has 0 aromatic heterocycles. The molecule has 1 aromatic carbocycles. The van der Waals surface area contributed by atoms with Crippen LogP contribution in [0.1, 0.15) is 51.4 Å². The first-order chi connectivity index (χ1) is 12.3. The molecule has 2 aliphatic heterocycles. The molecule has 1 unspecified atom stereocenters. The summed E-state index contributed by atoms with van der Waals surface area (Å²) in [5, 5.41) is 3.23. The first-order valence-electron chi connectivity index (χ1n) is 10.2. The fourth-order valence-electron chi connectivity index (χ4n) is 4.44. The Labute approximate surface area is 151 Å². The summed E-state index contributed by atoms with van der Waals surface area (Å²) >= 11 is 0. The third-order valence-electron chi connectivity index (χ3n) is 5.96. The normalized spacial score (nSPS) is 23.3. The lowest BCUT2D eigenvalue weighted by molar-refractivity contribution is -0.121. The van der Waals surface area contributed by atoms with E-state index in [0.717, 1.165) is 31.9 Å². The molecule has 1 N–H and O–H groups in total. The van der Waals surface area contributed by atoms with E-state index >= 15 is 0 Å². The first kappa shape index (κ1) is 16.9. The van der Waals surface area contributed by atoms with Crippen LogP contribution in [0.15, 0.2) is 24.3 Å². The van der Waals surface area contributed by atoms with E-state index in [1.54, 1.807) is 0 Å². The van der Waals surface area contributed by atoms with Crippen LogP contribution in [0, 0.1) is 5.92 Å². The second-order valence-electron chi connectivity index (χ2n) is 7.97. The minimum absolute atomic E-state index is 0.0874. The maximum Gasteiger partial charge on any atom is 0.242 e. The third-order valence-corrected chi connectivity index (χ3v) is 5.96. The summed E-state index contributed by atoms with van der Waals surface area (Å²) in [7, 11) is 0. The average Bonchev–Trinajstić information content (AvgIpc) is 3.37. The van der Waals surface area contributed by atoms with Crippen molar-refractivity contribution in [1.82, 2.24) is 4.90 Å². The van der Waals surface area contributed by atoms with Crippen molar-refractivity contribution in [3.63, 3.8) is 0 Å². The zero-order valence-electron chi connectivity index (χ0n) is 15.3. The zero-order chi connectivity index (χ0) is 17.1. The molecule has 4 nitrogen and oxygen atoms in total. The van der Waals surface area contributed by atoms with Crippen molar-refractivity contribution in [3.05, 3.63) is 24.3 Å². The first-order valence-corrected chi connectivity index (χ1v) is 10.2. The molecule has 1 aliphatic carbocycles. The topological polar surface area (TPSA) is 35.6 Å². The Hall–Kier alpha value is -1.55. The van der Waals surface area contributed by atoms with Crippen molar-refractivity contribution in [3.8, 4) is 0 Å². The van der Waals surface area contributed by atoms with Gasteiger partial charge in [-0.3, -0.25) is 9.69 Å². The molecule has 0 radical (unpaired) electrons. The maximum atomic E-state index is 13.0. The molecule has 0 bridgehead atoms. The van der Waals surface area contributed by atoms with Crippen LogP contribution >= 0.6 is 0 Å². The largest absolute Gasteiger partial charge is 0.371 e. The molecule has 25 heavy (non-hydrogen) atoms. The van der Waals surface area contributed by atoms with E-state index in [0.29, 0.717) is 5.92 Å². The Kier molecular flexibility index (Phi) is 5.25. The molecule has 2 saturated heterocycles. The number of rotatable bonds is 5. The van der Waals surface area contributed by atoms with Crippen molar-refractivity contribution < 1.29 is 4.79 Å². The Balaban J connectivity index is 1.44. The quantitative estimate of drug-likeness (QED) is 0.883. The van der Waals surface area contributed by atoms with Crippen LogP contribution in [0.4, 0.5) is 11.4 Å². The van der Waals surface area contributed by atoms with Gasteiger partial charge in [-0.1, -0.05) is 18.9 Å². The van der Waals surface area contributed by atoms with Gasteiger partial charge in [0, 0.05) is 24.5 Å². The van der Waals surface area contributed by atoms with Crippen LogP contribution in [-0.2, 0) is 4.79 Å². The summed E-state index contributed by atoms with van der Waals surface area (Å²) in [4.78, 5) is 17.8. The molecule has 1 aromatic rings. The van der Waals surface area contributed by atoms with Crippen molar-refractivity contribution in [2.75, 3.05) is 36.4 Å². The van der Waals surface area contributed by atoms with E-state index in [4.69, 9.17) is 0 Å². The van der Waals surface area contributed by atoms with Gasteiger partial charge in [-0.15, -0.1) is 0 Å². The van der Waals surface area contributed by atoms with Gasteiger partial charge in [-0.05, 0) is 75.7 Å². The zero-order valence-corrected chi connectivity index (χ0v) is 15.3. The fraction of sp³-hybridized carbons (Fsp3) is 0.667. The SMILES string of the molecule is O=C(Nc1cccc(N2CCCCCC2)c1)C(C1CC1)N1CCCC1. The second-order valence-corrected chi connectivity index (χ2v) is 7.97. The lowest BCUT2D eigenvalue weighted by Crippen LogP contribution is -2.44. The van der Waals surface area contributed by atoms with Gasteiger partial charge >= 0.3 is 0 Å². The van der Waals surface area contributed by atoms with Crippen molar-refractivity contribution in [2.24, 2.45) is 5.92 Å². The molecule has 4 rings (SSSR count). The number of hydrogen-bond donors (Lipinski definition) is 1. The molecular weight excluding hydrogens is 310 g/mol. The number of carbonyl (C=O) groups excluding carboxylic acids is 1. The molecule has 1 saturated carbocycles. The number of nitrogens with one attached hydrogen (secondary N) is 1. The van der Waals surface area contributed by atoms with E-state index in [2.05, 4.69) is 33.3 Å². The number of amides is 1. The van der Waals surface area contributed by atoms with Crippen LogP contribution in [0.2, 0.25) is 0 Å². The number of anilines is 2. The molecule has 3 fully saturated rings. The molecule has 136 valence electrons. The van der Waals surface area contributed by atoms with Crippen LogP contribution in [0.5, 0.6) is 0 Å². The third kappa shape index (κ3) is 4.17. The van der Waals surface area contributed by atoms with Crippen molar-refractivity contribution >= 4 is 17.3 Å². The molecular formula is C21H31N3O. The summed E-state index contributed by atoms with van der Waals surface area (Å²) in [5.41, 5.74) is 2.21. The van der Waals surface area contributed by atoms with Gasteiger partial charge in [0.05, 0.1) is 6.04 Å². The molecule has 4 heteroatoms. The molecule has 1 atom stereocenters. The van der Waals surface area contributed by atoms with Crippen molar-refractivity contribution in [2.45, 2.75) is 57.4 Å². The average molecular weight is 341 g/mol. The highest BCUT2D eigenvalue weighted by atomic mass is 16.2. The molecule has 3 aliphatic rings. The van der Waals surface area contributed by atoms with Gasteiger partial charge in [0.1, 0.15) is 0 Å². The Bertz CT molecular complexity index is 585. The smallest absolute Gasteiger partial charge is 0.242 e. The number of carbonyl (C=O) groups is 1. The standard InChI is InChI=1S/C21H31N3O/c25-21(20(17-10-11-17)24-14-5-6-15-24)22-18-8-7-9-19(16-18)23-12-3-1-2-4-13-23/h7-9,16-17,20H,1-6,10-15H2,(H,22,25). The van der Waals surface area contributed by atoms with Gasteiger partial charge in [-0.2, -0.15) is 0 Å². The predicted molar refractivity (Wildman–Crippen MR) is 103 cm³/mol. The Morgan fingerprint density at radius 2 is 1.64 bits per heavy atom. The van der Waals surface area contributed by atoms with Crippen LogP contribution in [-0.4, -0.2) is 43.0 Å². The van der Waals surface area contributed by atoms with E-state index in [1.807, 2.05) is 6.07 Å². The van der Waals surface area contributed by atoms with Gasteiger partial charge in [0.2, 0.25) is 5.91 Å². The summed E-state index contributed by atoms with van der Waals surface area (Å²) in [5.74, 6) is 0.782. The van der Waals surface area contributed by atoms with E-state index in [-0.39, 0.29) is 11.9 Å². The monoisotopic (exact) mass is 341 g/mol. The number of likely N-dealkylation sites (tertiary alicyclic amines) is 1. The molecule has 1 amide bonds. The van der Waals surface area contributed by atoms with Gasteiger partial charge < -0.3 is 10.2 Å². The highest BCUT2D eigenvalue weighted by molar-refractivity contribution is 5.95. The lowest BCUT2D eigenvalue weighted by Gasteiger charge is -2.27. The fourth-order valence-corrected chi connectivity index (χ4v) is 4.44. The minimum atomic E-state index is 0.0874. The summed E-state index contributed by atoms with van der Waals surface area (Å²) in [6, 6.07) is 8.55.